The molecule has 0 amide bonds. The summed E-state index contributed by atoms with van der Waals surface area (Å²) in [5.74, 6) is 0. The Hall–Kier alpha value is -0.240. The third-order valence-corrected chi connectivity index (χ3v) is 3.61. The van der Waals surface area contributed by atoms with Gasteiger partial charge in [0.25, 0.3) is 0 Å². The van der Waals surface area contributed by atoms with E-state index in [4.69, 9.17) is 20.4 Å². The molecule has 0 aliphatic rings. The Morgan fingerprint density at radius 2 is 0.667 bits per heavy atom. The van der Waals surface area contributed by atoms with E-state index in [1.165, 1.54) is 6.42 Å². The van der Waals surface area contributed by atoms with E-state index in [-0.39, 0.29) is 26.4 Å². The number of aliphatic hydroxyl groups is 4. The SMILES string of the molecule is OCCN(CCO)CCCCCCCN(CCO)CCO. The second-order valence-corrected chi connectivity index (χ2v) is 5.35. The zero-order valence-electron chi connectivity index (χ0n) is 13.3. The van der Waals surface area contributed by atoms with Crippen LogP contribution in [-0.4, -0.2) is 95.9 Å². The molecule has 0 fully saturated rings. The average molecular weight is 306 g/mol. The van der Waals surface area contributed by atoms with Gasteiger partial charge in [-0.3, -0.25) is 9.80 Å². The van der Waals surface area contributed by atoms with Crippen molar-refractivity contribution in [2.45, 2.75) is 32.1 Å². The first kappa shape index (κ1) is 20.8. The van der Waals surface area contributed by atoms with Crippen LogP contribution in [0.1, 0.15) is 32.1 Å². The number of unbranched alkanes of at least 4 members (excludes halogenated alkanes) is 4. The van der Waals surface area contributed by atoms with E-state index in [0.717, 1.165) is 38.8 Å². The molecule has 0 saturated heterocycles. The number of nitrogens with zero attached hydrogens (tertiary/aromatic N) is 2. The van der Waals surface area contributed by atoms with Gasteiger partial charge in [0.05, 0.1) is 26.4 Å². The number of hydrogen-bond acceptors (Lipinski definition) is 6. The molecule has 0 aromatic rings. The lowest BCUT2D eigenvalue weighted by atomic mass is 10.1. The minimum atomic E-state index is 0.144. The Kier molecular flexibility index (Phi) is 16.0. The van der Waals surface area contributed by atoms with Crippen LogP contribution in [0.5, 0.6) is 0 Å². The molecule has 0 saturated carbocycles. The minimum Gasteiger partial charge on any atom is -0.395 e. The van der Waals surface area contributed by atoms with Gasteiger partial charge >= 0.3 is 0 Å². The second-order valence-electron chi connectivity index (χ2n) is 5.35. The molecule has 0 spiro atoms. The molecule has 21 heavy (non-hydrogen) atoms. The first-order valence-electron chi connectivity index (χ1n) is 8.16. The van der Waals surface area contributed by atoms with E-state index < -0.39 is 0 Å². The molecule has 0 bridgehead atoms. The van der Waals surface area contributed by atoms with Crippen LogP contribution in [0.3, 0.4) is 0 Å². The molecular weight excluding hydrogens is 272 g/mol. The van der Waals surface area contributed by atoms with Crippen LogP contribution >= 0.6 is 0 Å². The summed E-state index contributed by atoms with van der Waals surface area (Å²) in [4.78, 5) is 4.18. The van der Waals surface area contributed by atoms with Gasteiger partial charge in [0.2, 0.25) is 0 Å². The van der Waals surface area contributed by atoms with Gasteiger partial charge < -0.3 is 20.4 Å². The predicted octanol–water partition coefficient (Wildman–Crippen LogP) is -0.490. The fraction of sp³-hybridized carbons (Fsp3) is 1.00. The Bertz CT molecular complexity index is 176. The highest BCUT2D eigenvalue weighted by molar-refractivity contribution is 4.59. The van der Waals surface area contributed by atoms with Gasteiger partial charge in [-0.25, -0.2) is 0 Å². The molecular formula is C15H34N2O4. The first-order chi connectivity index (χ1) is 10.3. The van der Waals surface area contributed by atoms with Crippen molar-refractivity contribution in [3.63, 3.8) is 0 Å². The summed E-state index contributed by atoms with van der Waals surface area (Å²) in [6, 6.07) is 0. The average Bonchev–Trinajstić information content (AvgIpc) is 2.47. The van der Waals surface area contributed by atoms with Gasteiger partial charge in [0.1, 0.15) is 0 Å². The maximum atomic E-state index is 8.91. The van der Waals surface area contributed by atoms with Crippen LogP contribution in [0.4, 0.5) is 0 Å². The molecule has 0 radical (unpaired) electrons. The van der Waals surface area contributed by atoms with E-state index in [2.05, 4.69) is 9.80 Å². The zero-order valence-corrected chi connectivity index (χ0v) is 13.3. The van der Waals surface area contributed by atoms with Crippen LogP contribution < -0.4 is 0 Å². The van der Waals surface area contributed by atoms with Crippen molar-refractivity contribution in [2.75, 3.05) is 65.7 Å². The quantitative estimate of drug-likeness (QED) is 0.288. The summed E-state index contributed by atoms with van der Waals surface area (Å²) in [6.07, 6.45) is 5.69. The van der Waals surface area contributed by atoms with E-state index in [1.54, 1.807) is 0 Å². The lowest BCUT2D eigenvalue weighted by molar-refractivity contribution is 0.157. The molecule has 6 heteroatoms. The maximum Gasteiger partial charge on any atom is 0.0558 e. The molecule has 0 heterocycles. The van der Waals surface area contributed by atoms with Crippen molar-refractivity contribution in [3.8, 4) is 0 Å². The highest BCUT2D eigenvalue weighted by Crippen LogP contribution is 2.05. The van der Waals surface area contributed by atoms with Crippen molar-refractivity contribution in [3.05, 3.63) is 0 Å². The first-order valence-corrected chi connectivity index (χ1v) is 8.16. The smallest absolute Gasteiger partial charge is 0.0558 e. The monoisotopic (exact) mass is 306 g/mol. The fourth-order valence-corrected chi connectivity index (χ4v) is 2.44. The van der Waals surface area contributed by atoms with Crippen molar-refractivity contribution in [2.24, 2.45) is 0 Å². The zero-order chi connectivity index (χ0) is 15.8. The maximum absolute atomic E-state index is 8.91. The predicted molar refractivity (Wildman–Crippen MR) is 84.3 cm³/mol. The third-order valence-electron chi connectivity index (χ3n) is 3.61. The number of rotatable bonds is 16. The Balaban J connectivity index is 3.48. The summed E-state index contributed by atoms with van der Waals surface area (Å²) in [6.45, 7) is 4.99. The van der Waals surface area contributed by atoms with Crippen LogP contribution in [0.2, 0.25) is 0 Å². The van der Waals surface area contributed by atoms with Gasteiger partial charge in [0, 0.05) is 26.2 Å². The van der Waals surface area contributed by atoms with Crippen LogP contribution in [-0.2, 0) is 0 Å². The molecule has 0 rings (SSSR count). The number of hydrogen-bond donors (Lipinski definition) is 4. The summed E-state index contributed by atoms with van der Waals surface area (Å²) in [7, 11) is 0. The third kappa shape index (κ3) is 13.2. The van der Waals surface area contributed by atoms with Crippen molar-refractivity contribution < 1.29 is 20.4 Å². The second kappa shape index (κ2) is 16.1. The highest BCUT2D eigenvalue weighted by Gasteiger charge is 2.04. The molecule has 0 unspecified atom stereocenters. The molecule has 0 aromatic carbocycles. The van der Waals surface area contributed by atoms with Crippen molar-refractivity contribution in [1.29, 1.82) is 0 Å². The fourth-order valence-electron chi connectivity index (χ4n) is 2.44. The van der Waals surface area contributed by atoms with E-state index >= 15 is 0 Å². The van der Waals surface area contributed by atoms with E-state index in [0.29, 0.717) is 26.2 Å². The normalized spacial score (nSPS) is 11.7. The van der Waals surface area contributed by atoms with Crippen molar-refractivity contribution >= 4 is 0 Å². The Morgan fingerprint density at radius 3 is 0.952 bits per heavy atom. The van der Waals surface area contributed by atoms with Gasteiger partial charge in [-0.2, -0.15) is 0 Å². The highest BCUT2D eigenvalue weighted by atomic mass is 16.3. The lowest BCUT2D eigenvalue weighted by Crippen LogP contribution is -2.31. The molecule has 4 N–H and O–H groups in total. The lowest BCUT2D eigenvalue weighted by Gasteiger charge is -2.20. The molecule has 0 aliphatic carbocycles. The van der Waals surface area contributed by atoms with Gasteiger partial charge in [-0.05, 0) is 25.9 Å². The largest absolute Gasteiger partial charge is 0.395 e. The van der Waals surface area contributed by atoms with Crippen molar-refractivity contribution in [1.82, 2.24) is 9.80 Å². The summed E-state index contributed by atoms with van der Waals surface area (Å²) >= 11 is 0. The summed E-state index contributed by atoms with van der Waals surface area (Å²) < 4.78 is 0. The Labute approximate surface area is 129 Å². The van der Waals surface area contributed by atoms with E-state index in [9.17, 15) is 0 Å². The molecule has 128 valence electrons. The van der Waals surface area contributed by atoms with Crippen LogP contribution in [0.15, 0.2) is 0 Å². The standard InChI is InChI=1S/C15H34N2O4/c18-12-8-16(9-13-19)6-4-2-1-3-5-7-17(10-14-20)11-15-21/h18-21H,1-15H2. The minimum absolute atomic E-state index is 0.144. The Morgan fingerprint density at radius 1 is 0.381 bits per heavy atom. The molecule has 0 aliphatic heterocycles. The van der Waals surface area contributed by atoms with Gasteiger partial charge in [-0.1, -0.05) is 19.3 Å². The van der Waals surface area contributed by atoms with Crippen LogP contribution in [0, 0.1) is 0 Å². The van der Waals surface area contributed by atoms with Gasteiger partial charge in [-0.15, -0.1) is 0 Å². The van der Waals surface area contributed by atoms with E-state index in [1.807, 2.05) is 0 Å². The summed E-state index contributed by atoms with van der Waals surface area (Å²) in [5, 5.41) is 35.6. The summed E-state index contributed by atoms with van der Waals surface area (Å²) in [5.41, 5.74) is 0. The molecule has 0 atom stereocenters. The molecule has 6 nitrogen and oxygen atoms in total. The molecule has 0 aromatic heterocycles. The van der Waals surface area contributed by atoms with Gasteiger partial charge in [0.15, 0.2) is 0 Å². The number of aliphatic hydroxyl groups excluding tert-OH is 4. The van der Waals surface area contributed by atoms with Crippen LogP contribution in [0.25, 0.3) is 0 Å². The topological polar surface area (TPSA) is 87.4 Å².